The van der Waals surface area contributed by atoms with E-state index in [1.165, 1.54) is 0 Å². The smallest absolute Gasteiger partial charge is 0.319 e. The number of nitrogens with zero attached hydrogens (tertiary/aromatic N) is 2. The Morgan fingerprint density at radius 2 is 2.04 bits per heavy atom. The summed E-state index contributed by atoms with van der Waals surface area (Å²) >= 11 is 11.3. The lowest BCUT2D eigenvalue weighted by molar-refractivity contribution is 0.0798. The van der Waals surface area contributed by atoms with Crippen LogP contribution in [0.5, 0.6) is 0 Å². The fourth-order valence-corrected chi connectivity index (χ4v) is 2.74. The summed E-state index contributed by atoms with van der Waals surface area (Å²) in [6, 6.07) is 3.09. The van der Waals surface area contributed by atoms with Crippen LogP contribution in [0.15, 0.2) is 18.2 Å². The van der Waals surface area contributed by atoms with Gasteiger partial charge >= 0.3 is 7.82 Å². The second-order valence-electron chi connectivity index (χ2n) is 4.67. The van der Waals surface area contributed by atoms with Crippen LogP contribution >= 0.6 is 31.0 Å². The Morgan fingerprint density at radius 1 is 1.40 bits per heavy atom. The molecule has 0 aliphatic rings. The molecule has 8 nitrogen and oxygen atoms in total. The number of phosphoric acid groups is 1. The van der Waals surface area contributed by atoms with E-state index < -0.39 is 42.4 Å². The first kappa shape index (κ1) is 19.8. The summed E-state index contributed by atoms with van der Waals surface area (Å²) in [5.41, 5.74) is -0.786. The summed E-state index contributed by atoms with van der Waals surface area (Å²) in [6.07, 6.45) is -1.52. The van der Waals surface area contributed by atoms with Crippen molar-refractivity contribution in [3.05, 3.63) is 45.7 Å². The molecule has 0 fully saturated rings. The van der Waals surface area contributed by atoms with Crippen LogP contribution in [-0.2, 0) is 9.09 Å². The highest BCUT2D eigenvalue weighted by Gasteiger charge is 2.29. The van der Waals surface area contributed by atoms with E-state index in [4.69, 9.17) is 33.0 Å². The summed E-state index contributed by atoms with van der Waals surface area (Å²) in [5, 5.41) is 4.84. The van der Waals surface area contributed by atoms with Crippen molar-refractivity contribution >= 4 is 42.6 Å². The van der Waals surface area contributed by atoms with E-state index in [2.05, 4.69) is 14.9 Å². The first-order valence-corrected chi connectivity index (χ1v) is 8.72. The third-order valence-electron chi connectivity index (χ3n) is 2.84. The maximum atomic E-state index is 14.1. The predicted molar refractivity (Wildman–Crippen MR) is 84.4 cm³/mol. The van der Waals surface area contributed by atoms with Crippen LogP contribution < -0.4 is 5.32 Å². The zero-order valence-electron chi connectivity index (χ0n) is 12.3. The Labute approximate surface area is 149 Å². The zero-order chi connectivity index (χ0) is 18.9. The maximum Gasteiger partial charge on any atom is 0.471 e. The topological polar surface area (TPSA) is 114 Å². The minimum atomic E-state index is -4.94. The SMILES string of the molecule is CC(OP(=O)(O)O)n1nc(Cl)c(F)c1C(=O)Nc1ccc(F)cc1Cl. The van der Waals surface area contributed by atoms with Gasteiger partial charge in [0.05, 0.1) is 10.7 Å². The standard InChI is InChI=1S/C12H10Cl2F2N3O5P/c1-5(24-25(21,22)23)19-10(9(16)11(14)18-19)12(20)17-8-3-2-6(15)4-7(8)13/h2-5H,1H3,(H,17,20)(H2,21,22,23). The fourth-order valence-electron chi connectivity index (χ4n) is 1.87. The van der Waals surface area contributed by atoms with E-state index in [9.17, 15) is 18.1 Å². The van der Waals surface area contributed by atoms with Crippen LogP contribution in [-0.4, -0.2) is 25.5 Å². The highest BCUT2D eigenvalue weighted by molar-refractivity contribution is 7.46. The molecule has 0 bridgehead atoms. The normalized spacial score (nSPS) is 12.9. The van der Waals surface area contributed by atoms with Gasteiger partial charge in [-0.2, -0.15) is 5.10 Å². The molecule has 25 heavy (non-hydrogen) atoms. The molecule has 13 heteroatoms. The number of aromatic nitrogens is 2. The van der Waals surface area contributed by atoms with Crippen molar-refractivity contribution in [2.45, 2.75) is 13.2 Å². The first-order valence-electron chi connectivity index (χ1n) is 6.43. The molecule has 0 aliphatic heterocycles. The molecular weight excluding hydrogens is 406 g/mol. The number of benzene rings is 1. The molecule has 0 spiro atoms. The molecule has 136 valence electrons. The van der Waals surface area contributed by atoms with Crippen molar-refractivity contribution in [2.75, 3.05) is 5.32 Å². The van der Waals surface area contributed by atoms with Gasteiger partial charge < -0.3 is 15.1 Å². The molecule has 0 saturated carbocycles. The van der Waals surface area contributed by atoms with Gasteiger partial charge in [0.25, 0.3) is 5.91 Å². The Morgan fingerprint density at radius 3 is 2.60 bits per heavy atom. The molecular formula is C12H10Cl2F2N3O5P. The summed E-state index contributed by atoms with van der Waals surface area (Å²) in [5.74, 6) is -2.98. The number of rotatable bonds is 5. The highest BCUT2D eigenvalue weighted by Crippen LogP contribution is 2.41. The Hall–Kier alpha value is -1.55. The van der Waals surface area contributed by atoms with E-state index >= 15 is 0 Å². The van der Waals surface area contributed by atoms with Crippen LogP contribution in [0.25, 0.3) is 0 Å². The highest BCUT2D eigenvalue weighted by atomic mass is 35.5. The number of carbonyl (C=O) groups excluding carboxylic acids is 1. The first-order chi connectivity index (χ1) is 11.5. The largest absolute Gasteiger partial charge is 0.471 e. The second kappa shape index (κ2) is 7.36. The summed E-state index contributed by atoms with van der Waals surface area (Å²) < 4.78 is 43.0. The number of carbonyl (C=O) groups is 1. The molecule has 1 aromatic heterocycles. The molecule has 1 heterocycles. The lowest BCUT2D eigenvalue weighted by Gasteiger charge is -2.16. The number of halogens is 4. The molecule has 2 aromatic rings. The number of nitrogens with one attached hydrogen (secondary N) is 1. The molecule has 1 unspecified atom stereocenters. The Kier molecular flexibility index (Phi) is 5.82. The lowest BCUT2D eigenvalue weighted by Crippen LogP contribution is -2.22. The van der Waals surface area contributed by atoms with Crippen molar-refractivity contribution in [2.24, 2.45) is 0 Å². The van der Waals surface area contributed by atoms with E-state index in [1.807, 2.05) is 0 Å². The summed E-state index contributed by atoms with van der Waals surface area (Å²) in [6.45, 7) is 1.11. The average molecular weight is 416 g/mol. The third-order valence-corrected chi connectivity index (χ3v) is 3.98. The van der Waals surface area contributed by atoms with Crippen LogP contribution in [0.2, 0.25) is 10.2 Å². The maximum absolute atomic E-state index is 14.1. The minimum Gasteiger partial charge on any atom is -0.319 e. The van der Waals surface area contributed by atoms with E-state index in [1.54, 1.807) is 0 Å². The number of hydrogen-bond acceptors (Lipinski definition) is 4. The molecule has 0 saturated heterocycles. The number of amides is 1. The van der Waals surface area contributed by atoms with Gasteiger partial charge in [0, 0.05) is 0 Å². The number of hydrogen-bond donors (Lipinski definition) is 3. The molecule has 1 aromatic carbocycles. The van der Waals surface area contributed by atoms with Crippen molar-refractivity contribution in [1.29, 1.82) is 0 Å². The monoisotopic (exact) mass is 415 g/mol. The predicted octanol–water partition coefficient (Wildman–Crippen LogP) is 3.35. The van der Waals surface area contributed by atoms with Crippen molar-refractivity contribution < 1.29 is 32.5 Å². The lowest BCUT2D eigenvalue weighted by atomic mass is 10.3. The zero-order valence-corrected chi connectivity index (χ0v) is 14.7. The van der Waals surface area contributed by atoms with Crippen molar-refractivity contribution in [1.82, 2.24) is 9.78 Å². The molecule has 0 radical (unpaired) electrons. The Bertz CT molecular complexity index is 873. The van der Waals surface area contributed by atoms with Gasteiger partial charge in [-0.05, 0) is 25.1 Å². The van der Waals surface area contributed by atoms with Gasteiger partial charge in [0.15, 0.2) is 22.9 Å². The second-order valence-corrected chi connectivity index (χ2v) is 6.63. The van der Waals surface area contributed by atoms with E-state index in [-0.39, 0.29) is 10.7 Å². The van der Waals surface area contributed by atoms with Gasteiger partial charge in [-0.15, -0.1) is 0 Å². The van der Waals surface area contributed by atoms with Gasteiger partial charge in [-0.1, -0.05) is 23.2 Å². The minimum absolute atomic E-state index is 0.0279. The molecule has 3 N–H and O–H groups in total. The third kappa shape index (κ3) is 4.75. The quantitative estimate of drug-likeness (QED) is 0.645. The fraction of sp³-hybridized carbons (Fsp3) is 0.167. The van der Waals surface area contributed by atoms with Crippen LogP contribution in [0.3, 0.4) is 0 Å². The van der Waals surface area contributed by atoms with Crippen LogP contribution in [0, 0.1) is 11.6 Å². The van der Waals surface area contributed by atoms with Gasteiger partial charge in [-0.3, -0.25) is 9.32 Å². The van der Waals surface area contributed by atoms with E-state index in [0.29, 0.717) is 4.68 Å². The molecule has 0 aliphatic carbocycles. The summed E-state index contributed by atoms with van der Waals surface area (Å²) in [4.78, 5) is 29.9. The number of anilines is 1. The Balaban J connectivity index is 2.37. The van der Waals surface area contributed by atoms with Crippen molar-refractivity contribution in [3.63, 3.8) is 0 Å². The van der Waals surface area contributed by atoms with Gasteiger partial charge in [0.1, 0.15) is 5.82 Å². The molecule has 2 rings (SSSR count). The summed E-state index contributed by atoms with van der Waals surface area (Å²) in [7, 11) is -4.94. The van der Waals surface area contributed by atoms with E-state index in [0.717, 1.165) is 25.1 Å². The van der Waals surface area contributed by atoms with Crippen LogP contribution in [0.1, 0.15) is 23.6 Å². The average Bonchev–Trinajstić information content (AvgIpc) is 2.76. The van der Waals surface area contributed by atoms with Crippen LogP contribution in [0.4, 0.5) is 14.5 Å². The van der Waals surface area contributed by atoms with Gasteiger partial charge in [0.2, 0.25) is 0 Å². The van der Waals surface area contributed by atoms with Gasteiger partial charge in [-0.25, -0.2) is 18.0 Å². The molecule has 1 amide bonds. The molecule has 1 atom stereocenters. The van der Waals surface area contributed by atoms with Crippen molar-refractivity contribution in [3.8, 4) is 0 Å². The number of phosphoric ester groups is 1.